The Labute approximate surface area is 220 Å². The van der Waals surface area contributed by atoms with Gasteiger partial charge in [-0.05, 0) is 42.7 Å². The number of primary amides is 1. The molecule has 8 nitrogen and oxygen atoms in total. The minimum Gasteiger partial charge on any atom is -0.368 e. The molecule has 0 aromatic heterocycles. The summed E-state index contributed by atoms with van der Waals surface area (Å²) in [6.45, 7) is 1.07. The van der Waals surface area contributed by atoms with Crippen LogP contribution in [0.3, 0.4) is 0 Å². The SMILES string of the molecule is NC(=O)[C@@H](NC(=O)[C@@H]1CCCC[C@@H]1N1CCN(S(=O)(=O)c2ccc(C(F)(F)F)cc2)CC1)c1ccccc1. The lowest BCUT2D eigenvalue weighted by Crippen LogP contribution is -2.56. The van der Waals surface area contributed by atoms with Crippen LogP contribution in [0.2, 0.25) is 0 Å². The van der Waals surface area contributed by atoms with E-state index in [0.29, 0.717) is 25.1 Å². The molecule has 2 aliphatic rings. The van der Waals surface area contributed by atoms with Crippen LogP contribution in [0, 0.1) is 5.92 Å². The van der Waals surface area contributed by atoms with E-state index in [1.807, 2.05) is 0 Å². The maximum atomic E-state index is 13.3. The van der Waals surface area contributed by atoms with Gasteiger partial charge in [-0.1, -0.05) is 43.2 Å². The third-order valence-electron chi connectivity index (χ3n) is 7.33. The predicted molar refractivity (Wildman–Crippen MR) is 134 cm³/mol. The first-order chi connectivity index (χ1) is 18.0. The normalized spacial score (nSPS) is 22.5. The van der Waals surface area contributed by atoms with Crippen LogP contribution in [0.1, 0.15) is 42.9 Å². The summed E-state index contributed by atoms with van der Waals surface area (Å²) in [5.41, 5.74) is 5.27. The quantitative estimate of drug-likeness (QED) is 0.549. The number of carbonyl (C=O) groups is 2. The number of hydrogen-bond donors (Lipinski definition) is 2. The Balaban J connectivity index is 1.41. The third kappa shape index (κ3) is 6.19. The summed E-state index contributed by atoms with van der Waals surface area (Å²) in [6, 6.07) is 11.2. The van der Waals surface area contributed by atoms with Gasteiger partial charge in [0.05, 0.1) is 16.4 Å². The van der Waals surface area contributed by atoms with E-state index in [2.05, 4.69) is 10.2 Å². The number of alkyl halides is 3. The molecule has 1 aliphatic carbocycles. The largest absolute Gasteiger partial charge is 0.416 e. The van der Waals surface area contributed by atoms with Crippen LogP contribution in [0.25, 0.3) is 0 Å². The highest BCUT2D eigenvalue weighted by molar-refractivity contribution is 7.89. The van der Waals surface area contributed by atoms with E-state index >= 15 is 0 Å². The minimum atomic E-state index is -4.55. The smallest absolute Gasteiger partial charge is 0.368 e. The zero-order valence-corrected chi connectivity index (χ0v) is 21.5. The number of hydrogen-bond acceptors (Lipinski definition) is 5. The maximum absolute atomic E-state index is 13.3. The van der Waals surface area contributed by atoms with Crippen LogP contribution in [-0.2, 0) is 25.8 Å². The zero-order valence-electron chi connectivity index (χ0n) is 20.7. The first-order valence-corrected chi connectivity index (χ1v) is 14.0. The minimum absolute atomic E-state index is 0.121. The van der Waals surface area contributed by atoms with E-state index in [1.54, 1.807) is 30.3 Å². The number of sulfonamides is 1. The number of nitrogens with two attached hydrogens (primary N) is 1. The lowest BCUT2D eigenvalue weighted by atomic mass is 9.82. The van der Waals surface area contributed by atoms with Crippen LogP contribution < -0.4 is 11.1 Å². The monoisotopic (exact) mass is 552 g/mol. The zero-order chi connectivity index (χ0) is 27.5. The number of carbonyl (C=O) groups excluding carboxylic acids is 2. The Morgan fingerprint density at radius 3 is 2.11 bits per heavy atom. The Hall–Kier alpha value is -2.96. The number of piperazine rings is 1. The van der Waals surface area contributed by atoms with E-state index in [-0.39, 0.29) is 35.9 Å². The van der Waals surface area contributed by atoms with Gasteiger partial charge in [-0.3, -0.25) is 14.5 Å². The molecule has 206 valence electrons. The number of benzene rings is 2. The molecule has 0 unspecified atom stereocenters. The van der Waals surface area contributed by atoms with Gasteiger partial charge < -0.3 is 11.1 Å². The Morgan fingerprint density at radius 2 is 1.53 bits per heavy atom. The summed E-state index contributed by atoms with van der Waals surface area (Å²) in [4.78, 5) is 27.3. The maximum Gasteiger partial charge on any atom is 0.416 e. The van der Waals surface area contributed by atoms with Crippen molar-refractivity contribution < 1.29 is 31.2 Å². The van der Waals surface area contributed by atoms with Crippen LogP contribution in [-0.4, -0.2) is 61.7 Å². The molecule has 1 aliphatic heterocycles. The molecule has 3 atom stereocenters. The van der Waals surface area contributed by atoms with Crippen molar-refractivity contribution in [3.63, 3.8) is 0 Å². The van der Waals surface area contributed by atoms with E-state index in [4.69, 9.17) is 5.73 Å². The van der Waals surface area contributed by atoms with Crippen molar-refractivity contribution >= 4 is 21.8 Å². The van der Waals surface area contributed by atoms with Gasteiger partial charge >= 0.3 is 6.18 Å². The van der Waals surface area contributed by atoms with E-state index in [1.165, 1.54) is 4.31 Å². The molecule has 12 heteroatoms. The van der Waals surface area contributed by atoms with Crippen LogP contribution in [0.5, 0.6) is 0 Å². The molecule has 2 fully saturated rings. The molecular weight excluding hydrogens is 521 g/mol. The highest BCUT2D eigenvalue weighted by Crippen LogP contribution is 2.32. The number of nitrogens with zero attached hydrogens (tertiary/aromatic N) is 2. The highest BCUT2D eigenvalue weighted by atomic mass is 32.2. The fourth-order valence-electron chi connectivity index (χ4n) is 5.31. The van der Waals surface area contributed by atoms with Gasteiger partial charge in [0.25, 0.3) is 0 Å². The molecule has 4 rings (SSSR count). The van der Waals surface area contributed by atoms with Gasteiger partial charge in [-0.2, -0.15) is 17.5 Å². The molecular formula is C26H31F3N4O4S. The topological polar surface area (TPSA) is 113 Å². The molecule has 3 N–H and O–H groups in total. The lowest BCUT2D eigenvalue weighted by Gasteiger charge is -2.43. The standard InChI is InChI=1S/C26H31F3N4O4S/c27-26(28,29)19-10-12-20(13-11-19)38(36,37)33-16-14-32(15-17-33)22-9-5-4-8-21(22)25(35)31-23(24(30)34)18-6-2-1-3-7-18/h1-3,6-7,10-13,21-23H,4-5,8-9,14-17H2,(H2,30,34)(H,31,35)/t21-,22+,23+/m1/s1. The van der Waals surface area contributed by atoms with Crippen LogP contribution >= 0.6 is 0 Å². The molecule has 38 heavy (non-hydrogen) atoms. The summed E-state index contributed by atoms with van der Waals surface area (Å²) in [5.74, 6) is -1.30. The second-order valence-corrected chi connectivity index (χ2v) is 11.6. The van der Waals surface area contributed by atoms with Crippen molar-refractivity contribution in [3.05, 3.63) is 65.7 Å². The Kier molecular flexibility index (Phi) is 8.43. The van der Waals surface area contributed by atoms with Crippen molar-refractivity contribution in [1.29, 1.82) is 0 Å². The second kappa shape index (κ2) is 11.4. The van der Waals surface area contributed by atoms with Gasteiger partial charge in [-0.25, -0.2) is 8.42 Å². The number of amides is 2. The molecule has 1 saturated heterocycles. The third-order valence-corrected chi connectivity index (χ3v) is 9.24. The molecule has 1 heterocycles. The number of halogens is 3. The fraction of sp³-hybridized carbons (Fsp3) is 0.462. The van der Waals surface area contributed by atoms with Crippen molar-refractivity contribution in [1.82, 2.24) is 14.5 Å². The Bertz CT molecular complexity index is 1230. The first kappa shape index (κ1) is 28.1. The average molecular weight is 553 g/mol. The molecule has 0 bridgehead atoms. The summed E-state index contributed by atoms with van der Waals surface area (Å²) >= 11 is 0. The summed E-state index contributed by atoms with van der Waals surface area (Å²) in [7, 11) is -3.96. The van der Waals surface area contributed by atoms with Crippen LogP contribution in [0.15, 0.2) is 59.5 Å². The molecule has 0 radical (unpaired) electrons. The summed E-state index contributed by atoms with van der Waals surface area (Å²) in [5, 5.41) is 2.81. The summed E-state index contributed by atoms with van der Waals surface area (Å²) < 4.78 is 65.9. The first-order valence-electron chi connectivity index (χ1n) is 12.5. The molecule has 0 spiro atoms. The van der Waals surface area contributed by atoms with Crippen LogP contribution in [0.4, 0.5) is 13.2 Å². The molecule has 2 aromatic carbocycles. The van der Waals surface area contributed by atoms with Gasteiger partial charge in [-0.15, -0.1) is 0 Å². The van der Waals surface area contributed by atoms with Crippen molar-refractivity contribution in [2.75, 3.05) is 26.2 Å². The lowest BCUT2D eigenvalue weighted by molar-refractivity contribution is -0.137. The number of nitrogens with one attached hydrogen (secondary N) is 1. The molecule has 2 aromatic rings. The Morgan fingerprint density at radius 1 is 0.921 bits per heavy atom. The highest BCUT2D eigenvalue weighted by Gasteiger charge is 2.39. The average Bonchev–Trinajstić information content (AvgIpc) is 2.91. The molecule has 2 amide bonds. The summed E-state index contributed by atoms with van der Waals surface area (Å²) in [6.07, 6.45) is -1.35. The van der Waals surface area contributed by atoms with E-state index in [9.17, 15) is 31.2 Å². The van der Waals surface area contributed by atoms with Crippen molar-refractivity contribution in [2.24, 2.45) is 11.7 Å². The van der Waals surface area contributed by atoms with Gasteiger partial charge in [0.1, 0.15) is 6.04 Å². The van der Waals surface area contributed by atoms with Crippen molar-refractivity contribution in [2.45, 2.75) is 48.8 Å². The fourth-order valence-corrected chi connectivity index (χ4v) is 6.73. The van der Waals surface area contributed by atoms with E-state index in [0.717, 1.165) is 43.5 Å². The predicted octanol–water partition coefficient (Wildman–Crippen LogP) is 2.91. The van der Waals surface area contributed by atoms with Gasteiger partial charge in [0, 0.05) is 32.2 Å². The number of rotatable bonds is 7. The van der Waals surface area contributed by atoms with E-state index < -0.39 is 33.7 Å². The van der Waals surface area contributed by atoms with Gasteiger partial charge in [0.2, 0.25) is 21.8 Å². The van der Waals surface area contributed by atoms with Gasteiger partial charge in [0.15, 0.2) is 0 Å². The molecule has 1 saturated carbocycles. The van der Waals surface area contributed by atoms with Crippen molar-refractivity contribution in [3.8, 4) is 0 Å². The second-order valence-electron chi connectivity index (χ2n) is 9.68.